The number of rotatable bonds is 8. The van der Waals surface area contributed by atoms with Crippen molar-refractivity contribution in [1.29, 1.82) is 0 Å². The minimum absolute atomic E-state index is 0.126. The molecule has 180 valence electrons. The second-order valence-electron chi connectivity index (χ2n) is 8.73. The van der Waals surface area contributed by atoms with Gasteiger partial charge in [0.25, 0.3) is 0 Å². The molecule has 9 nitrogen and oxygen atoms in total. The van der Waals surface area contributed by atoms with Gasteiger partial charge in [0.05, 0.1) is 17.7 Å². The third kappa shape index (κ3) is 4.83. The van der Waals surface area contributed by atoms with Crippen LogP contribution in [0.4, 0.5) is 0 Å². The van der Waals surface area contributed by atoms with Crippen LogP contribution in [-0.2, 0) is 4.79 Å². The van der Waals surface area contributed by atoms with Gasteiger partial charge in [0, 0.05) is 25.7 Å². The number of amidine groups is 1. The fraction of sp³-hybridized carbons (Fsp3) is 0.440. The van der Waals surface area contributed by atoms with Crippen molar-refractivity contribution in [3.8, 4) is 17.0 Å². The van der Waals surface area contributed by atoms with Gasteiger partial charge in [-0.3, -0.25) is 14.3 Å². The third-order valence-electron chi connectivity index (χ3n) is 6.51. The molecular formula is C25H32N6O3. The number of hydrogen-bond donors (Lipinski definition) is 2. The quantitative estimate of drug-likeness (QED) is 0.204. The van der Waals surface area contributed by atoms with E-state index >= 15 is 0 Å². The van der Waals surface area contributed by atoms with E-state index in [0.717, 1.165) is 43.3 Å². The van der Waals surface area contributed by atoms with Gasteiger partial charge >= 0.3 is 0 Å². The summed E-state index contributed by atoms with van der Waals surface area (Å²) in [5.74, 6) is 0.862. The monoisotopic (exact) mass is 464 g/mol. The van der Waals surface area contributed by atoms with Gasteiger partial charge in [-0.05, 0) is 68.9 Å². The van der Waals surface area contributed by atoms with E-state index in [4.69, 9.17) is 15.6 Å². The maximum atomic E-state index is 12.3. The molecule has 1 aliphatic heterocycles. The van der Waals surface area contributed by atoms with E-state index in [1.165, 1.54) is 18.9 Å². The van der Waals surface area contributed by atoms with E-state index in [9.17, 15) is 9.59 Å². The minimum Gasteiger partial charge on any atom is -0.490 e. The van der Waals surface area contributed by atoms with E-state index in [1.54, 1.807) is 16.6 Å². The van der Waals surface area contributed by atoms with E-state index in [2.05, 4.69) is 17.1 Å². The van der Waals surface area contributed by atoms with Crippen LogP contribution < -0.4 is 15.9 Å². The van der Waals surface area contributed by atoms with Crippen molar-refractivity contribution in [1.82, 2.24) is 20.1 Å². The summed E-state index contributed by atoms with van der Waals surface area (Å²) in [6.07, 6.45) is 8.53. The molecule has 1 amide bonds. The molecule has 34 heavy (non-hydrogen) atoms. The van der Waals surface area contributed by atoms with Crippen LogP contribution in [0.15, 0.2) is 42.0 Å². The summed E-state index contributed by atoms with van der Waals surface area (Å²) in [7, 11) is 1.65. The average molecular weight is 465 g/mol. The number of carbonyl (C=O) groups is 2. The van der Waals surface area contributed by atoms with Crippen LogP contribution in [-0.4, -0.2) is 59.0 Å². The Morgan fingerprint density at radius 3 is 2.62 bits per heavy atom. The van der Waals surface area contributed by atoms with Gasteiger partial charge < -0.3 is 20.8 Å². The zero-order valence-electron chi connectivity index (χ0n) is 19.6. The number of hydrogen-bond acceptors (Lipinski definition) is 6. The first-order valence-corrected chi connectivity index (χ1v) is 11.8. The highest BCUT2D eigenvalue weighted by atomic mass is 16.5. The molecule has 9 heteroatoms. The van der Waals surface area contributed by atoms with Gasteiger partial charge in [0.1, 0.15) is 17.1 Å². The smallest absolute Gasteiger partial charge is 0.246 e. The lowest BCUT2D eigenvalue weighted by Crippen LogP contribution is -2.40. The number of aromatic nitrogens is 2. The molecule has 2 heterocycles. The van der Waals surface area contributed by atoms with E-state index in [-0.39, 0.29) is 23.9 Å². The van der Waals surface area contributed by atoms with Crippen molar-refractivity contribution in [3.05, 3.63) is 48.2 Å². The molecule has 1 saturated carbocycles. The minimum atomic E-state index is -0.155. The Bertz CT molecular complexity index is 1070. The van der Waals surface area contributed by atoms with E-state index in [1.807, 2.05) is 24.3 Å². The summed E-state index contributed by atoms with van der Waals surface area (Å²) in [6.45, 7) is 4.69. The third-order valence-corrected chi connectivity index (χ3v) is 6.51. The van der Waals surface area contributed by atoms with Crippen molar-refractivity contribution < 1.29 is 14.3 Å². The molecule has 1 aromatic heterocycles. The van der Waals surface area contributed by atoms with Crippen LogP contribution in [0.5, 0.6) is 5.75 Å². The number of nitrogens with two attached hydrogens (primary N) is 1. The normalized spacial score (nSPS) is 19.1. The van der Waals surface area contributed by atoms with Gasteiger partial charge in [-0.1, -0.05) is 6.58 Å². The number of likely N-dealkylation sites (tertiary alicyclic amines) is 1. The Hall–Kier alpha value is -3.62. The first-order valence-electron chi connectivity index (χ1n) is 11.8. The average Bonchev–Trinajstić information content (AvgIpc) is 3.52. The predicted molar refractivity (Wildman–Crippen MR) is 131 cm³/mol. The van der Waals surface area contributed by atoms with Crippen LogP contribution in [0.2, 0.25) is 0 Å². The Balaban J connectivity index is 1.71. The molecule has 2 fully saturated rings. The molecule has 2 aliphatic rings. The van der Waals surface area contributed by atoms with Crippen molar-refractivity contribution >= 4 is 18.0 Å². The van der Waals surface area contributed by atoms with Crippen LogP contribution in [0.1, 0.15) is 60.6 Å². The summed E-state index contributed by atoms with van der Waals surface area (Å²) >= 11 is 0. The molecule has 1 aromatic carbocycles. The number of amides is 1. The molecule has 1 atom stereocenters. The molecule has 3 N–H and O–H groups in total. The number of ether oxygens (including phenoxy) is 1. The molecule has 0 bridgehead atoms. The van der Waals surface area contributed by atoms with Crippen molar-refractivity contribution in [2.75, 3.05) is 20.1 Å². The topological polar surface area (TPSA) is 115 Å². The van der Waals surface area contributed by atoms with E-state index < -0.39 is 0 Å². The van der Waals surface area contributed by atoms with Gasteiger partial charge in [-0.2, -0.15) is 10.2 Å². The molecule has 1 unspecified atom stereocenters. The Morgan fingerprint density at radius 1 is 1.24 bits per heavy atom. The van der Waals surface area contributed by atoms with Gasteiger partial charge in [0.2, 0.25) is 5.91 Å². The summed E-state index contributed by atoms with van der Waals surface area (Å²) in [4.78, 5) is 26.2. The van der Waals surface area contributed by atoms with Crippen molar-refractivity contribution in [2.24, 2.45) is 10.8 Å². The first kappa shape index (κ1) is 23.5. The number of piperidine rings is 1. The number of nitrogens with one attached hydrogen (secondary N) is 1. The number of aldehydes is 1. The lowest BCUT2D eigenvalue weighted by molar-refractivity contribution is -0.127. The highest BCUT2D eigenvalue weighted by Crippen LogP contribution is 2.32. The van der Waals surface area contributed by atoms with Crippen LogP contribution in [0.25, 0.3) is 11.3 Å². The SMILES string of the molecule is C=CC(=O)N1CCCC(n2nc(-c3ccc(OC4CCCC4)cc3)c(/C(N)=N\NC)c2C=O)C1. The van der Waals surface area contributed by atoms with Crippen LogP contribution in [0.3, 0.4) is 0 Å². The number of nitrogens with zero attached hydrogens (tertiary/aromatic N) is 4. The maximum Gasteiger partial charge on any atom is 0.246 e. The van der Waals surface area contributed by atoms with Crippen LogP contribution in [0, 0.1) is 0 Å². The van der Waals surface area contributed by atoms with Gasteiger partial charge in [-0.15, -0.1) is 0 Å². The lowest BCUT2D eigenvalue weighted by atomic mass is 10.0. The lowest BCUT2D eigenvalue weighted by Gasteiger charge is -2.32. The maximum absolute atomic E-state index is 12.3. The van der Waals surface area contributed by atoms with Gasteiger partial charge in [0.15, 0.2) is 12.1 Å². The first-order chi connectivity index (χ1) is 16.5. The molecule has 1 aliphatic carbocycles. The van der Waals surface area contributed by atoms with Gasteiger partial charge in [-0.25, -0.2) is 0 Å². The largest absolute Gasteiger partial charge is 0.490 e. The number of benzene rings is 1. The Morgan fingerprint density at radius 2 is 1.97 bits per heavy atom. The highest BCUT2D eigenvalue weighted by Gasteiger charge is 2.30. The molecule has 4 rings (SSSR count). The van der Waals surface area contributed by atoms with Crippen LogP contribution >= 0.6 is 0 Å². The fourth-order valence-electron chi connectivity index (χ4n) is 4.84. The molecular weight excluding hydrogens is 432 g/mol. The van der Waals surface area contributed by atoms with Crippen molar-refractivity contribution in [3.63, 3.8) is 0 Å². The Kier molecular flexibility index (Phi) is 7.30. The fourth-order valence-corrected chi connectivity index (χ4v) is 4.84. The standard InChI is InChI=1S/C25H32N6O3/c1-3-22(33)30-14-6-7-18(15-30)31-21(16-32)23(25(26)28-27-2)24(29-31)17-10-12-20(13-11-17)34-19-8-4-5-9-19/h3,10-13,16,18-19,27H,1,4-9,14-15H2,2H3,(H2,26,28). The van der Waals surface area contributed by atoms with E-state index in [0.29, 0.717) is 30.0 Å². The molecule has 2 aromatic rings. The number of carbonyl (C=O) groups excluding carboxylic acids is 2. The zero-order chi connectivity index (χ0) is 24.1. The molecule has 0 radical (unpaired) electrons. The summed E-state index contributed by atoms with van der Waals surface area (Å²) in [6, 6.07) is 7.55. The molecule has 0 spiro atoms. The summed E-state index contributed by atoms with van der Waals surface area (Å²) in [5, 5.41) is 8.94. The second kappa shape index (κ2) is 10.5. The van der Waals surface area contributed by atoms with Crippen molar-refractivity contribution in [2.45, 2.75) is 50.7 Å². The predicted octanol–water partition coefficient (Wildman–Crippen LogP) is 2.87. The summed E-state index contributed by atoms with van der Waals surface area (Å²) in [5.41, 5.74) is 11.2. The second-order valence-corrected chi connectivity index (χ2v) is 8.73. The molecule has 1 saturated heterocycles. The number of hydrazone groups is 1. The Labute approximate surface area is 199 Å². The highest BCUT2D eigenvalue weighted by molar-refractivity contribution is 6.07. The summed E-state index contributed by atoms with van der Waals surface area (Å²) < 4.78 is 7.78. The zero-order valence-corrected chi connectivity index (χ0v) is 19.6.